The van der Waals surface area contributed by atoms with Gasteiger partial charge in [-0.25, -0.2) is 9.78 Å². The Hall–Kier alpha value is -2.04. The van der Waals surface area contributed by atoms with Crippen LogP contribution in [0.5, 0.6) is 0 Å². The maximum absolute atomic E-state index is 11.0. The Morgan fingerprint density at radius 1 is 1.50 bits per heavy atom. The molecule has 1 fully saturated rings. The lowest BCUT2D eigenvalue weighted by atomic mass is 10.1. The summed E-state index contributed by atoms with van der Waals surface area (Å²) in [7, 11) is 0. The summed E-state index contributed by atoms with van der Waals surface area (Å²) in [5.41, 5.74) is 2.64. The maximum atomic E-state index is 11.0. The minimum atomic E-state index is -0.126. The third-order valence-electron chi connectivity index (χ3n) is 2.69. The number of urea groups is 1. The molecule has 1 aliphatic rings. The van der Waals surface area contributed by atoms with E-state index in [1.54, 1.807) is 0 Å². The lowest BCUT2D eigenvalue weighted by molar-refractivity contribution is 0.247. The maximum Gasteiger partial charge on any atom is 0.315 e. The van der Waals surface area contributed by atoms with Gasteiger partial charge in [-0.05, 0) is 17.7 Å². The van der Waals surface area contributed by atoms with Crippen molar-refractivity contribution in [1.82, 2.24) is 15.6 Å². The number of benzene rings is 1. The van der Waals surface area contributed by atoms with Crippen LogP contribution >= 0.6 is 0 Å². The van der Waals surface area contributed by atoms with Crippen LogP contribution in [-0.2, 0) is 0 Å². The highest BCUT2D eigenvalue weighted by Crippen LogP contribution is 2.22. The second kappa shape index (κ2) is 3.23. The Labute approximate surface area is 91.8 Å². The van der Waals surface area contributed by atoms with Crippen molar-refractivity contribution in [2.24, 2.45) is 0 Å². The fourth-order valence-electron chi connectivity index (χ4n) is 1.93. The second-order valence-electron chi connectivity index (χ2n) is 3.87. The van der Waals surface area contributed by atoms with Crippen LogP contribution in [0, 0.1) is 6.92 Å². The van der Waals surface area contributed by atoms with Crippen molar-refractivity contribution in [1.29, 1.82) is 0 Å². The predicted molar refractivity (Wildman–Crippen MR) is 58.0 cm³/mol. The van der Waals surface area contributed by atoms with Crippen molar-refractivity contribution in [3.8, 4) is 0 Å². The number of carbonyl (C=O) groups excluding carboxylic acids is 1. The monoisotopic (exact) mass is 217 g/mol. The van der Waals surface area contributed by atoms with Gasteiger partial charge in [-0.3, -0.25) is 0 Å². The van der Waals surface area contributed by atoms with Gasteiger partial charge in [0.05, 0.1) is 6.04 Å². The molecule has 1 atom stereocenters. The van der Waals surface area contributed by atoms with E-state index in [2.05, 4.69) is 15.6 Å². The summed E-state index contributed by atoms with van der Waals surface area (Å²) in [6.07, 6.45) is 0. The van der Waals surface area contributed by atoms with E-state index in [1.807, 2.05) is 25.1 Å². The molecule has 5 nitrogen and oxygen atoms in total. The van der Waals surface area contributed by atoms with E-state index in [-0.39, 0.29) is 12.1 Å². The summed E-state index contributed by atoms with van der Waals surface area (Å²) in [5.74, 6) is 0.653. The molecule has 2 amide bonds. The molecule has 16 heavy (non-hydrogen) atoms. The normalized spacial score (nSPS) is 19.8. The Balaban J connectivity index is 2.01. The summed E-state index contributed by atoms with van der Waals surface area (Å²) in [6, 6.07) is 5.68. The number of hydrogen-bond donors (Lipinski definition) is 2. The smallest absolute Gasteiger partial charge is 0.315 e. The zero-order valence-corrected chi connectivity index (χ0v) is 8.78. The first-order valence-electron chi connectivity index (χ1n) is 5.14. The molecule has 0 spiro atoms. The Morgan fingerprint density at radius 3 is 3.12 bits per heavy atom. The lowest BCUT2D eigenvalue weighted by Gasteiger charge is -2.07. The minimum absolute atomic E-state index is 0.0160. The van der Waals surface area contributed by atoms with Crippen LogP contribution in [0.1, 0.15) is 17.5 Å². The fraction of sp³-hybridized carbons (Fsp3) is 0.273. The van der Waals surface area contributed by atoms with Crippen LogP contribution in [0.4, 0.5) is 4.79 Å². The first kappa shape index (κ1) is 9.21. The molecule has 0 aliphatic carbocycles. The standard InChI is InChI=1S/C11H11N3O2/c1-6-13-8-3-2-7(4-10(8)16-6)9-5-12-11(15)14-9/h2-4,9H,5H2,1H3,(H2,12,14,15). The highest BCUT2D eigenvalue weighted by molar-refractivity contribution is 5.78. The van der Waals surface area contributed by atoms with Crippen LogP contribution in [0.25, 0.3) is 11.1 Å². The van der Waals surface area contributed by atoms with Crippen LogP contribution in [0.3, 0.4) is 0 Å². The van der Waals surface area contributed by atoms with E-state index in [0.29, 0.717) is 12.4 Å². The molecule has 2 N–H and O–H groups in total. The third kappa shape index (κ3) is 1.41. The van der Waals surface area contributed by atoms with Gasteiger partial charge >= 0.3 is 6.03 Å². The summed E-state index contributed by atoms with van der Waals surface area (Å²) in [5, 5.41) is 5.55. The quantitative estimate of drug-likeness (QED) is 0.760. The molecule has 1 aromatic carbocycles. The molecule has 1 unspecified atom stereocenters. The van der Waals surface area contributed by atoms with Gasteiger partial charge in [0.2, 0.25) is 0 Å². The molecule has 0 saturated carbocycles. The number of nitrogens with one attached hydrogen (secondary N) is 2. The molecule has 5 heteroatoms. The van der Waals surface area contributed by atoms with Crippen molar-refractivity contribution >= 4 is 17.1 Å². The molecule has 0 bridgehead atoms. The van der Waals surface area contributed by atoms with Crippen molar-refractivity contribution < 1.29 is 9.21 Å². The Bertz CT molecular complexity index is 561. The fourth-order valence-corrected chi connectivity index (χ4v) is 1.93. The molecule has 3 rings (SSSR count). The largest absolute Gasteiger partial charge is 0.441 e. The molecule has 0 radical (unpaired) electrons. The zero-order chi connectivity index (χ0) is 11.1. The molecular formula is C11H11N3O2. The van der Waals surface area contributed by atoms with Gasteiger partial charge in [0.15, 0.2) is 11.5 Å². The van der Waals surface area contributed by atoms with Crippen LogP contribution in [-0.4, -0.2) is 17.6 Å². The van der Waals surface area contributed by atoms with Gasteiger partial charge in [-0.15, -0.1) is 0 Å². The number of hydrogen-bond acceptors (Lipinski definition) is 3. The highest BCUT2D eigenvalue weighted by atomic mass is 16.3. The molecule has 1 saturated heterocycles. The number of oxazole rings is 1. The predicted octanol–water partition coefficient (Wildman–Crippen LogP) is 1.49. The van der Waals surface area contributed by atoms with E-state index in [9.17, 15) is 4.79 Å². The second-order valence-corrected chi connectivity index (χ2v) is 3.87. The number of amides is 2. The number of carbonyl (C=O) groups is 1. The van der Waals surface area contributed by atoms with Gasteiger partial charge in [0.1, 0.15) is 5.52 Å². The first-order valence-corrected chi connectivity index (χ1v) is 5.14. The Morgan fingerprint density at radius 2 is 2.38 bits per heavy atom. The molecular weight excluding hydrogens is 206 g/mol. The summed E-state index contributed by atoms with van der Waals surface area (Å²) >= 11 is 0. The topological polar surface area (TPSA) is 67.2 Å². The average Bonchev–Trinajstić information content (AvgIpc) is 2.81. The van der Waals surface area contributed by atoms with Gasteiger partial charge in [-0.1, -0.05) is 6.07 Å². The van der Waals surface area contributed by atoms with Gasteiger partial charge in [0.25, 0.3) is 0 Å². The highest BCUT2D eigenvalue weighted by Gasteiger charge is 2.21. The number of rotatable bonds is 1. The van der Waals surface area contributed by atoms with Crippen LogP contribution in [0.15, 0.2) is 22.6 Å². The Kier molecular flexibility index (Phi) is 1.86. The van der Waals surface area contributed by atoms with E-state index in [4.69, 9.17) is 4.42 Å². The molecule has 1 aromatic heterocycles. The SMILES string of the molecule is Cc1nc2ccc(C3CNC(=O)N3)cc2o1. The van der Waals surface area contributed by atoms with Crippen molar-refractivity contribution in [3.05, 3.63) is 29.7 Å². The molecule has 1 aliphatic heterocycles. The number of aryl methyl sites for hydroxylation is 1. The van der Waals surface area contributed by atoms with Crippen molar-refractivity contribution in [3.63, 3.8) is 0 Å². The van der Waals surface area contributed by atoms with E-state index in [1.165, 1.54) is 0 Å². The van der Waals surface area contributed by atoms with Gasteiger partial charge in [-0.2, -0.15) is 0 Å². The number of fused-ring (bicyclic) bond motifs is 1. The minimum Gasteiger partial charge on any atom is -0.441 e. The molecule has 2 aromatic rings. The third-order valence-corrected chi connectivity index (χ3v) is 2.69. The van der Waals surface area contributed by atoms with Crippen LogP contribution in [0.2, 0.25) is 0 Å². The summed E-state index contributed by atoms with van der Waals surface area (Å²) < 4.78 is 5.45. The molecule has 82 valence electrons. The van der Waals surface area contributed by atoms with Crippen LogP contribution < -0.4 is 10.6 Å². The van der Waals surface area contributed by atoms with E-state index in [0.717, 1.165) is 16.7 Å². The zero-order valence-electron chi connectivity index (χ0n) is 8.78. The van der Waals surface area contributed by atoms with Crippen molar-refractivity contribution in [2.75, 3.05) is 6.54 Å². The number of aromatic nitrogens is 1. The van der Waals surface area contributed by atoms with Gasteiger partial charge < -0.3 is 15.1 Å². The number of nitrogens with zero attached hydrogens (tertiary/aromatic N) is 1. The van der Waals surface area contributed by atoms with E-state index >= 15 is 0 Å². The lowest BCUT2D eigenvalue weighted by Crippen LogP contribution is -2.21. The summed E-state index contributed by atoms with van der Waals surface area (Å²) in [6.45, 7) is 2.43. The summed E-state index contributed by atoms with van der Waals surface area (Å²) in [4.78, 5) is 15.3. The van der Waals surface area contributed by atoms with Gasteiger partial charge in [0, 0.05) is 13.5 Å². The van der Waals surface area contributed by atoms with Crippen molar-refractivity contribution in [2.45, 2.75) is 13.0 Å². The van der Waals surface area contributed by atoms with E-state index < -0.39 is 0 Å². The average molecular weight is 217 g/mol. The first-order chi connectivity index (χ1) is 7.72. The molecule has 2 heterocycles.